The Hall–Kier alpha value is -1.10. The number of nitrogens with zero attached hydrogens (tertiary/aromatic N) is 1. The molecule has 2 rings (SSSR count). The van der Waals surface area contributed by atoms with Gasteiger partial charge in [-0.1, -0.05) is 23.7 Å². The molecule has 0 saturated carbocycles. The molecule has 0 bridgehead atoms. The highest BCUT2D eigenvalue weighted by Gasteiger charge is 2.22. The second-order valence-corrected chi connectivity index (χ2v) is 5.74. The number of nitrogens with one attached hydrogen (secondary N) is 1. The lowest BCUT2D eigenvalue weighted by Crippen LogP contribution is -2.37. The van der Waals surface area contributed by atoms with E-state index >= 15 is 0 Å². The first-order chi connectivity index (χ1) is 9.67. The van der Waals surface area contributed by atoms with Gasteiger partial charge in [0, 0.05) is 24.7 Å². The van der Waals surface area contributed by atoms with Gasteiger partial charge in [-0.2, -0.15) is 0 Å². The molecule has 2 N–H and O–H groups in total. The van der Waals surface area contributed by atoms with Gasteiger partial charge in [-0.05, 0) is 43.0 Å². The standard InChI is InChI=1S/C15H21ClN2O2/c16-14-3-1-2-12(8-14)4-6-17-15(20)10-18-7-5-13(9-18)11-19/h1-3,8,13,19H,4-7,9-11H2,(H,17,20). The molecule has 110 valence electrons. The van der Waals surface area contributed by atoms with Crippen LogP contribution in [0.2, 0.25) is 5.02 Å². The second-order valence-electron chi connectivity index (χ2n) is 5.30. The molecule has 1 heterocycles. The van der Waals surface area contributed by atoms with Crippen LogP contribution in [0.5, 0.6) is 0 Å². The van der Waals surface area contributed by atoms with Crippen LogP contribution in [0.4, 0.5) is 0 Å². The maximum Gasteiger partial charge on any atom is 0.234 e. The van der Waals surface area contributed by atoms with Crippen molar-refractivity contribution in [3.8, 4) is 0 Å². The summed E-state index contributed by atoms with van der Waals surface area (Å²) in [7, 11) is 0. The van der Waals surface area contributed by atoms with Crippen LogP contribution in [0.3, 0.4) is 0 Å². The SMILES string of the molecule is O=C(CN1CCC(CO)C1)NCCc1cccc(Cl)c1. The fourth-order valence-corrected chi connectivity index (χ4v) is 2.72. The Bertz CT molecular complexity index is 453. The van der Waals surface area contributed by atoms with E-state index in [-0.39, 0.29) is 12.5 Å². The van der Waals surface area contributed by atoms with Crippen LogP contribution < -0.4 is 5.32 Å². The maximum atomic E-state index is 11.8. The summed E-state index contributed by atoms with van der Waals surface area (Å²) in [5.41, 5.74) is 1.12. The molecule has 0 aromatic heterocycles. The number of likely N-dealkylation sites (tertiary alicyclic amines) is 1. The highest BCUT2D eigenvalue weighted by Crippen LogP contribution is 2.14. The highest BCUT2D eigenvalue weighted by atomic mass is 35.5. The van der Waals surface area contributed by atoms with Crippen molar-refractivity contribution in [1.82, 2.24) is 10.2 Å². The molecule has 20 heavy (non-hydrogen) atoms. The van der Waals surface area contributed by atoms with Gasteiger partial charge in [0.2, 0.25) is 5.91 Å². The summed E-state index contributed by atoms with van der Waals surface area (Å²) in [6, 6.07) is 7.68. The predicted molar refractivity (Wildman–Crippen MR) is 79.8 cm³/mol. The summed E-state index contributed by atoms with van der Waals surface area (Å²) in [6.07, 6.45) is 1.76. The zero-order chi connectivity index (χ0) is 14.4. The van der Waals surface area contributed by atoms with Crippen LogP contribution in [0.1, 0.15) is 12.0 Å². The molecule has 1 aromatic rings. The molecule has 4 nitrogen and oxygen atoms in total. The molecular weight excluding hydrogens is 276 g/mol. The van der Waals surface area contributed by atoms with Gasteiger partial charge in [0.15, 0.2) is 0 Å². The summed E-state index contributed by atoms with van der Waals surface area (Å²) < 4.78 is 0. The first-order valence-corrected chi connectivity index (χ1v) is 7.39. The molecule has 5 heteroatoms. The molecule has 1 amide bonds. The molecule has 0 spiro atoms. The van der Waals surface area contributed by atoms with E-state index < -0.39 is 0 Å². The van der Waals surface area contributed by atoms with Crippen molar-refractivity contribution in [1.29, 1.82) is 0 Å². The highest BCUT2D eigenvalue weighted by molar-refractivity contribution is 6.30. The average molecular weight is 297 g/mol. The van der Waals surface area contributed by atoms with Crippen molar-refractivity contribution in [2.45, 2.75) is 12.8 Å². The zero-order valence-corrected chi connectivity index (χ0v) is 12.3. The molecular formula is C15H21ClN2O2. The largest absolute Gasteiger partial charge is 0.396 e. The maximum absolute atomic E-state index is 11.8. The summed E-state index contributed by atoms with van der Waals surface area (Å²) >= 11 is 5.91. The Labute approximate surface area is 124 Å². The number of amides is 1. The molecule has 0 aliphatic carbocycles. The molecule has 1 aliphatic heterocycles. The molecule has 1 aromatic carbocycles. The smallest absolute Gasteiger partial charge is 0.234 e. The van der Waals surface area contributed by atoms with E-state index in [0.717, 1.165) is 36.5 Å². The number of carbonyl (C=O) groups excluding carboxylic acids is 1. The zero-order valence-electron chi connectivity index (χ0n) is 11.5. The molecule has 1 saturated heterocycles. The van der Waals surface area contributed by atoms with Crippen LogP contribution in [0.25, 0.3) is 0 Å². The van der Waals surface area contributed by atoms with Gasteiger partial charge in [-0.15, -0.1) is 0 Å². The molecule has 1 fully saturated rings. The van der Waals surface area contributed by atoms with Gasteiger partial charge < -0.3 is 10.4 Å². The van der Waals surface area contributed by atoms with Gasteiger partial charge in [0.1, 0.15) is 0 Å². The van der Waals surface area contributed by atoms with Crippen LogP contribution in [0, 0.1) is 5.92 Å². The summed E-state index contributed by atoms with van der Waals surface area (Å²) in [5, 5.41) is 12.7. The van der Waals surface area contributed by atoms with Crippen LogP contribution in [-0.2, 0) is 11.2 Å². The lowest BCUT2D eigenvalue weighted by Gasteiger charge is -2.15. The Morgan fingerprint density at radius 2 is 2.35 bits per heavy atom. The van der Waals surface area contributed by atoms with Crippen LogP contribution in [0.15, 0.2) is 24.3 Å². The van der Waals surface area contributed by atoms with E-state index in [4.69, 9.17) is 16.7 Å². The minimum atomic E-state index is 0.0469. The van der Waals surface area contributed by atoms with Crippen molar-refractivity contribution >= 4 is 17.5 Å². The van der Waals surface area contributed by atoms with Crippen molar-refractivity contribution in [3.05, 3.63) is 34.9 Å². The van der Waals surface area contributed by atoms with Crippen LogP contribution >= 0.6 is 11.6 Å². The van der Waals surface area contributed by atoms with Crippen molar-refractivity contribution in [2.75, 3.05) is 32.8 Å². The third kappa shape index (κ3) is 4.78. The molecule has 1 atom stereocenters. The predicted octanol–water partition coefficient (Wildman–Crippen LogP) is 1.31. The third-order valence-corrected chi connectivity index (χ3v) is 3.86. The number of benzene rings is 1. The van der Waals surface area contributed by atoms with E-state index in [2.05, 4.69) is 10.2 Å². The van der Waals surface area contributed by atoms with E-state index in [1.54, 1.807) is 0 Å². The molecule has 1 aliphatic rings. The Balaban J connectivity index is 1.65. The van der Waals surface area contributed by atoms with Gasteiger partial charge in [0.25, 0.3) is 0 Å². The fraction of sp³-hybridized carbons (Fsp3) is 0.533. The number of aliphatic hydroxyl groups excluding tert-OH is 1. The van der Waals surface area contributed by atoms with E-state index in [0.29, 0.717) is 19.0 Å². The number of rotatable bonds is 6. The normalized spacial score (nSPS) is 19.2. The van der Waals surface area contributed by atoms with Gasteiger partial charge >= 0.3 is 0 Å². The first-order valence-electron chi connectivity index (χ1n) is 7.01. The number of hydrogen-bond donors (Lipinski definition) is 2. The Kier molecular flexibility index (Phi) is 5.83. The molecule has 1 unspecified atom stereocenters. The van der Waals surface area contributed by atoms with Gasteiger partial charge in [0.05, 0.1) is 6.54 Å². The Morgan fingerprint density at radius 1 is 1.50 bits per heavy atom. The van der Waals surface area contributed by atoms with Crippen molar-refractivity contribution in [3.63, 3.8) is 0 Å². The minimum Gasteiger partial charge on any atom is -0.396 e. The fourth-order valence-electron chi connectivity index (χ4n) is 2.50. The molecule has 0 radical (unpaired) electrons. The lowest BCUT2D eigenvalue weighted by molar-refractivity contribution is -0.122. The minimum absolute atomic E-state index is 0.0469. The summed E-state index contributed by atoms with van der Waals surface area (Å²) in [5.74, 6) is 0.375. The van der Waals surface area contributed by atoms with Crippen molar-refractivity contribution in [2.24, 2.45) is 5.92 Å². The number of aliphatic hydroxyl groups is 1. The average Bonchev–Trinajstić information content (AvgIpc) is 2.86. The monoisotopic (exact) mass is 296 g/mol. The second kappa shape index (κ2) is 7.62. The third-order valence-electron chi connectivity index (χ3n) is 3.62. The lowest BCUT2D eigenvalue weighted by atomic mass is 10.1. The Morgan fingerprint density at radius 3 is 3.05 bits per heavy atom. The van der Waals surface area contributed by atoms with E-state index in [9.17, 15) is 4.79 Å². The van der Waals surface area contributed by atoms with Gasteiger partial charge in [-0.3, -0.25) is 9.69 Å². The quantitative estimate of drug-likeness (QED) is 0.832. The topological polar surface area (TPSA) is 52.6 Å². The van der Waals surface area contributed by atoms with Crippen LogP contribution in [-0.4, -0.2) is 48.7 Å². The van der Waals surface area contributed by atoms with E-state index in [1.807, 2.05) is 24.3 Å². The van der Waals surface area contributed by atoms with E-state index in [1.165, 1.54) is 0 Å². The number of carbonyl (C=O) groups is 1. The summed E-state index contributed by atoms with van der Waals surface area (Å²) in [4.78, 5) is 13.9. The van der Waals surface area contributed by atoms with Crippen molar-refractivity contribution < 1.29 is 9.90 Å². The number of halogens is 1. The first kappa shape index (κ1) is 15.3. The number of hydrogen-bond acceptors (Lipinski definition) is 3. The summed E-state index contributed by atoms with van der Waals surface area (Å²) in [6.45, 7) is 2.97. The van der Waals surface area contributed by atoms with Gasteiger partial charge in [-0.25, -0.2) is 0 Å².